The van der Waals surface area contributed by atoms with Crippen molar-refractivity contribution in [3.8, 4) is 0 Å². The van der Waals surface area contributed by atoms with Gasteiger partial charge in [-0.3, -0.25) is 14.9 Å². The van der Waals surface area contributed by atoms with Crippen LogP contribution in [0.5, 0.6) is 0 Å². The quantitative estimate of drug-likeness (QED) is 0.625. The number of ether oxygens (including phenoxy) is 1. The van der Waals surface area contributed by atoms with E-state index in [-0.39, 0.29) is 21.7 Å². The van der Waals surface area contributed by atoms with Gasteiger partial charge in [0.2, 0.25) is 5.91 Å². The Kier molecular flexibility index (Phi) is 4.58. The van der Waals surface area contributed by atoms with Crippen molar-refractivity contribution in [3.63, 3.8) is 0 Å². The number of morpholine rings is 1. The highest BCUT2D eigenvalue weighted by atomic mass is 32.1. The molecule has 3 heterocycles. The van der Waals surface area contributed by atoms with Crippen LogP contribution >= 0.6 is 11.3 Å². The molecule has 0 bridgehead atoms. The Morgan fingerprint density at radius 1 is 1.36 bits per heavy atom. The molecule has 2 saturated heterocycles. The normalized spacial score (nSPS) is 22.6. The van der Waals surface area contributed by atoms with Gasteiger partial charge in [-0.1, -0.05) is 11.3 Å². The van der Waals surface area contributed by atoms with Gasteiger partial charge in [0, 0.05) is 26.2 Å². The maximum Gasteiger partial charge on any atom is 0.347 e. The molecule has 0 aliphatic carbocycles. The van der Waals surface area contributed by atoms with Gasteiger partial charge in [-0.25, -0.2) is 0 Å². The lowest BCUT2D eigenvalue weighted by atomic mass is 9.96. The van der Waals surface area contributed by atoms with Crippen LogP contribution in [0.1, 0.15) is 12.8 Å². The smallest absolute Gasteiger partial charge is 0.347 e. The van der Waals surface area contributed by atoms with Crippen molar-refractivity contribution in [1.29, 1.82) is 0 Å². The molecule has 0 unspecified atom stereocenters. The molecule has 120 valence electrons. The molecular formula is C14H19N3O4S. The van der Waals surface area contributed by atoms with Crippen LogP contribution in [0.15, 0.2) is 11.4 Å². The van der Waals surface area contributed by atoms with Crippen molar-refractivity contribution < 1.29 is 14.5 Å². The molecule has 0 spiro atoms. The fourth-order valence-electron chi connectivity index (χ4n) is 3.11. The zero-order valence-corrected chi connectivity index (χ0v) is 13.1. The summed E-state index contributed by atoms with van der Waals surface area (Å²) in [6.07, 6.45) is 1.73. The maximum absolute atomic E-state index is 12.6. The topological polar surface area (TPSA) is 75.9 Å². The van der Waals surface area contributed by atoms with Crippen LogP contribution in [-0.4, -0.2) is 55.1 Å². The molecule has 1 aromatic heterocycles. The van der Waals surface area contributed by atoms with Crippen molar-refractivity contribution in [2.24, 2.45) is 5.92 Å². The summed E-state index contributed by atoms with van der Waals surface area (Å²) in [7, 11) is 0. The number of carbonyl (C=O) groups excluding carboxylic acids is 1. The van der Waals surface area contributed by atoms with E-state index in [4.69, 9.17) is 4.74 Å². The predicted octanol–water partition coefficient (Wildman–Crippen LogP) is 1.73. The van der Waals surface area contributed by atoms with E-state index in [1.165, 1.54) is 0 Å². The van der Waals surface area contributed by atoms with Crippen LogP contribution in [-0.2, 0) is 9.53 Å². The van der Waals surface area contributed by atoms with Gasteiger partial charge >= 0.3 is 5.00 Å². The van der Waals surface area contributed by atoms with Crippen molar-refractivity contribution in [3.05, 3.63) is 21.6 Å². The molecule has 1 atom stereocenters. The first kappa shape index (κ1) is 15.2. The first-order valence-corrected chi connectivity index (χ1v) is 8.38. The van der Waals surface area contributed by atoms with E-state index >= 15 is 0 Å². The number of piperidine rings is 1. The summed E-state index contributed by atoms with van der Waals surface area (Å²) in [5.74, 6) is 0.0808. The fraction of sp³-hybridized carbons (Fsp3) is 0.643. The lowest BCUT2D eigenvalue weighted by molar-refractivity contribution is -0.379. The number of amides is 1. The predicted molar refractivity (Wildman–Crippen MR) is 83.3 cm³/mol. The number of anilines is 1. The Bertz CT molecular complexity index is 556. The van der Waals surface area contributed by atoms with E-state index in [2.05, 4.69) is 0 Å². The SMILES string of the molecule is O=C([C@H]1CCCN(c2ccsc2[N+](=O)[O-])C1)N1CCOCC1. The average Bonchev–Trinajstić information content (AvgIpc) is 3.05. The molecule has 0 saturated carbocycles. The van der Waals surface area contributed by atoms with E-state index < -0.39 is 0 Å². The Morgan fingerprint density at radius 2 is 2.14 bits per heavy atom. The Hall–Kier alpha value is -1.67. The first-order chi connectivity index (χ1) is 10.7. The minimum Gasteiger partial charge on any atom is -0.378 e. The molecule has 7 nitrogen and oxygen atoms in total. The minimum absolute atomic E-state index is 0.0774. The summed E-state index contributed by atoms with van der Waals surface area (Å²) in [5.41, 5.74) is 0.648. The zero-order valence-electron chi connectivity index (χ0n) is 12.3. The van der Waals surface area contributed by atoms with Crippen molar-refractivity contribution in [2.75, 3.05) is 44.3 Å². The highest BCUT2D eigenvalue weighted by molar-refractivity contribution is 7.14. The molecule has 2 aliphatic rings. The van der Waals surface area contributed by atoms with Crippen LogP contribution in [0.25, 0.3) is 0 Å². The van der Waals surface area contributed by atoms with Gasteiger partial charge in [-0.05, 0) is 24.3 Å². The molecule has 8 heteroatoms. The third-order valence-corrected chi connectivity index (χ3v) is 5.08. The summed E-state index contributed by atoms with van der Waals surface area (Å²) in [4.78, 5) is 27.2. The van der Waals surface area contributed by atoms with Gasteiger partial charge < -0.3 is 14.5 Å². The number of carbonyl (C=O) groups is 1. The second-order valence-corrected chi connectivity index (χ2v) is 6.49. The zero-order chi connectivity index (χ0) is 15.5. The van der Waals surface area contributed by atoms with Gasteiger partial charge in [0.15, 0.2) is 0 Å². The van der Waals surface area contributed by atoms with Crippen LogP contribution < -0.4 is 4.90 Å². The van der Waals surface area contributed by atoms with Gasteiger partial charge in [0.05, 0.1) is 24.1 Å². The third-order valence-electron chi connectivity index (χ3n) is 4.22. The van der Waals surface area contributed by atoms with Gasteiger partial charge in [0.1, 0.15) is 5.69 Å². The molecule has 3 rings (SSSR count). The molecule has 2 fully saturated rings. The van der Waals surface area contributed by atoms with E-state index in [9.17, 15) is 14.9 Å². The number of nitro groups is 1. The Labute approximate surface area is 132 Å². The molecule has 0 aromatic carbocycles. The van der Waals surface area contributed by atoms with Crippen molar-refractivity contribution >= 4 is 27.9 Å². The van der Waals surface area contributed by atoms with Crippen LogP contribution in [0.3, 0.4) is 0 Å². The fourth-order valence-corrected chi connectivity index (χ4v) is 3.84. The minimum atomic E-state index is -0.340. The summed E-state index contributed by atoms with van der Waals surface area (Å²) < 4.78 is 5.28. The summed E-state index contributed by atoms with van der Waals surface area (Å²) in [5, 5.41) is 13.0. The van der Waals surface area contributed by atoms with Crippen molar-refractivity contribution in [2.45, 2.75) is 12.8 Å². The molecule has 0 radical (unpaired) electrons. The molecule has 22 heavy (non-hydrogen) atoms. The van der Waals surface area contributed by atoms with Crippen molar-refractivity contribution in [1.82, 2.24) is 4.90 Å². The van der Waals surface area contributed by atoms with E-state index in [1.54, 1.807) is 11.4 Å². The molecule has 0 N–H and O–H groups in total. The standard InChI is InChI=1S/C14H19N3O4S/c18-13(15-5-7-21-8-6-15)11-2-1-4-16(10-11)12-3-9-22-14(12)17(19)20/h3,9,11H,1-2,4-8,10H2/t11-/m0/s1. The summed E-state index contributed by atoms with van der Waals surface area (Å²) in [6, 6.07) is 1.78. The molecule has 1 aromatic rings. The number of thiophene rings is 1. The summed E-state index contributed by atoms with van der Waals surface area (Å²) >= 11 is 1.14. The second kappa shape index (κ2) is 6.62. The monoisotopic (exact) mass is 325 g/mol. The number of rotatable bonds is 3. The van der Waals surface area contributed by atoms with Gasteiger partial charge in [-0.2, -0.15) is 0 Å². The van der Waals surface area contributed by atoms with Crippen LogP contribution in [0.4, 0.5) is 10.7 Å². The Morgan fingerprint density at radius 3 is 2.86 bits per heavy atom. The van der Waals surface area contributed by atoms with Crippen LogP contribution in [0.2, 0.25) is 0 Å². The molecule has 1 amide bonds. The lowest BCUT2D eigenvalue weighted by Gasteiger charge is -2.36. The lowest BCUT2D eigenvalue weighted by Crippen LogP contribution is -2.48. The average molecular weight is 325 g/mol. The van der Waals surface area contributed by atoms with Gasteiger partial charge in [0.25, 0.3) is 0 Å². The molecular weight excluding hydrogens is 306 g/mol. The van der Waals surface area contributed by atoms with E-state index in [0.29, 0.717) is 38.5 Å². The highest BCUT2D eigenvalue weighted by Gasteiger charge is 2.32. The highest BCUT2D eigenvalue weighted by Crippen LogP contribution is 2.36. The summed E-state index contributed by atoms with van der Waals surface area (Å²) in [6.45, 7) is 3.82. The number of hydrogen-bond acceptors (Lipinski definition) is 6. The largest absolute Gasteiger partial charge is 0.378 e. The third kappa shape index (κ3) is 3.07. The Balaban J connectivity index is 1.69. The first-order valence-electron chi connectivity index (χ1n) is 7.50. The van der Waals surface area contributed by atoms with E-state index in [1.807, 2.05) is 9.80 Å². The van der Waals surface area contributed by atoms with Gasteiger partial charge in [-0.15, -0.1) is 0 Å². The number of nitrogens with zero attached hydrogens (tertiary/aromatic N) is 3. The maximum atomic E-state index is 12.6. The van der Waals surface area contributed by atoms with E-state index in [0.717, 1.165) is 30.7 Å². The second-order valence-electron chi connectivity index (χ2n) is 5.59. The molecule has 2 aliphatic heterocycles. The van der Waals surface area contributed by atoms with Crippen LogP contribution in [0, 0.1) is 16.0 Å². The number of hydrogen-bond donors (Lipinski definition) is 0.